The van der Waals surface area contributed by atoms with E-state index in [1.807, 2.05) is 24.7 Å². The second-order valence-corrected chi connectivity index (χ2v) is 8.73. The van der Waals surface area contributed by atoms with Crippen molar-refractivity contribution in [2.24, 2.45) is 5.92 Å². The minimum Gasteiger partial charge on any atom is -0.381 e. The van der Waals surface area contributed by atoms with Crippen molar-refractivity contribution in [2.75, 3.05) is 50.8 Å². The molecule has 2 aromatic rings. The number of pyridine rings is 1. The maximum Gasteiger partial charge on any atom is 0.225 e. The number of hydrogen-bond donors (Lipinski definition) is 0. The van der Waals surface area contributed by atoms with Gasteiger partial charge in [-0.3, -0.25) is 4.98 Å². The van der Waals surface area contributed by atoms with Gasteiger partial charge in [-0.2, -0.15) is 0 Å². The summed E-state index contributed by atoms with van der Waals surface area (Å²) in [6.07, 6.45) is 11.9. The summed E-state index contributed by atoms with van der Waals surface area (Å²) in [7, 11) is 0. The Bertz CT molecular complexity index is 802. The number of piperidine rings is 1. The summed E-state index contributed by atoms with van der Waals surface area (Å²) < 4.78 is 5.60. The Morgan fingerprint density at radius 3 is 2.79 bits per heavy atom. The fraction of sp³-hybridized carbons (Fsp3) is 0.609. The van der Waals surface area contributed by atoms with Gasteiger partial charge < -0.3 is 14.5 Å². The molecular weight excluding hydrogens is 362 g/mol. The molecule has 29 heavy (non-hydrogen) atoms. The van der Waals surface area contributed by atoms with E-state index in [2.05, 4.69) is 20.9 Å². The minimum absolute atomic E-state index is 0.450. The second kappa shape index (κ2) is 8.76. The predicted molar refractivity (Wildman–Crippen MR) is 114 cm³/mol. The summed E-state index contributed by atoms with van der Waals surface area (Å²) in [4.78, 5) is 19.2. The third kappa shape index (κ3) is 4.28. The van der Waals surface area contributed by atoms with Crippen LogP contribution in [0.5, 0.6) is 0 Å². The Balaban J connectivity index is 1.43. The van der Waals surface area contributed by atoms with Gasteiger partial charge in [0.05, 0.1) is 12.3 Å². The van der Waals surface area contributed by atoms with Crippen LogP contribution in [0.25, 0.3) is 11.1 Å². The second-order valence-electron chi connectivity index (χ2n) is 8.73. The van der Waals surface area contributed by atoms with E-state index in [-0.39, 0.29) is 0 Å². The topological polar surface area (TPSA) is 54.4 Å². The summed E-state index contributed by atoms with van der Waals surface area (Å²) in [5, 5.41) is 0. The van der Waals surface area contributed by atoms with E-state index < -0.39 is 0 Å². The van der Waals surface area contributed by atoms with Crippen molar-refractivity contribution in [3.05, 3.63) is 36.4 Å². The molecule has 0 radical (unpaired) electrons. The molecule has 5 rings (SSSR count). The first-order valence-electron chi connectivity index (χ1n) is 11.2. The first-order chi connectivity index (χ1) is 14.4. The van der Waals surface area contributed by atoms with Crippen LogP contribution in [-0.2, 0) is 4.74 Å². The number of rotatable bonds is 5. The van der Waals surface area contributed by atoms with Crippen molar-refractivity contribution in [3.63, 3.8) is 0 Å². The lowest BCUT2D eigenvalue weighted by Gasteiger charge is -2.34. The zero-order valence-electron chi connectivity index (χ0n) is 17.2. The molecular formula is C23H31N5O. The van der Waals surface area contributed by atoms with E-state index in [1.165, 1.54) is 44.3 Å². The van der Waals surface area contributed by atoms with Crippen molar-refractivity contribution in [2.45, 2.75) is 38.0 Å². The highest BCUT2D eigenvalue weighted by Crippen LogP contribution is 2.34. The summed E-state index contributed by atoms with van der Waals surface area (Å²) >= 11 is 0. The highest BCUT2D eigenvalue weighted by molar-refractivity contribution is 5.65. The molecule has 2 atom stereocenters. The minimum atomic E-state index is 0.450. The van der Waals surface area contributed by atoms with Gasteiger partial charge in [0.25, 0.3) is 0 Å². The molecule has 0 bridgehead atoms. The van der Waals surface area contributed by atoms with Gasteiger partial charge >= 0.3 is 0 Å². The number of hydrogen-bond acceptors (Lipinski definition) is 6. The van der Waals surface area contributed by atoms with Gasteiger partial charge in [0.2, 0.25) is 5.95 Å². The molecule has 154 valence electrons. The van der Waals surface area contributed by atoms with Crippen molar-refractivity contribution in [1.82, 2.24) is 19.9 Å². The van der Waals surface area contributed by atoms with Crippen LogP contribution in [-0.4, -0.2) is 65.8 Å². The molecule has 5 heterocycles. The number of anilines is 1. The first kappa shape index (κ1) is 18.9. The average Bonchev–Trinajstić information content (AvgIpc) is 3.49. The highest BCUT2D eigenvalue weighted by atomic mass is 16.5. The van der Waals surface area contributed by atoms with Crippen LogP contribution in [0.3, 0.4) is 0 Å². The summed E-state index contributed by atoms with van der Waals surface area (Å²) in [5.74, 6) is 2.05. The third-order valence-electron chi connectivity index (χ3n) is 6.60. The van der Waals surface area contributed by atoms with Gasteiger partial charge in [-0.15, -0.1) is 0 Å². The Hall–Kier alpha value is -2.05. The SMILES string of the molecule is c1cncc(-c2cnc(N3CCCC3)nc2[C@H]2CCCN(C[C@H]3CCOC3)C2)c1. The molecule has 0 aliphatic carbocycles. The largest absolute Gasteiger partial charge is 0.381 e. The number of ether oxygens (including phenoxy) is 1. The van der Waals surface area contributed by atoms with Crippen LogP contribution in [0.4, 0.5) is 5.95 Å². The standard InChI is InChI=1S/C23H31N5O/c1-2-11-28(10-1)23-25-14-21(19-5-3-8-24-13-19)22(26-23)20-6-4-9-27(16-20)15-18-7-12-29-17-18/h3,5,8,13-14,18,20H,1-2,4,6-7,9-12,15-17H2/t18-,20+/m1/s1. The molecule has 0 saturated carbocycles. The van der Waals surface area contributed by atoms with Crippen LogP contribution in [0.1, 0.15) is 43.7 Å². The van der Waals surface area contributed by atoms with Gasteiger partial charge in [0, 0.05) is 68.4 Å². The zero-order valence-corrected chi connectivity index (χ0v) is 17.2. The molecule has 0 spiro atoms. The number of nitrogens with zero attached hydrogens (tertiary/aromatic N) is 5. The molecule has 3 aliphatic heterocycles. The van der Waals surface area contributed by atoms with Gasteiger partial charge in [0.1, 0.15) is 0 Å². The molecule has 2 aromatic heterocycles. The first-order valence-corrected chi connectivity index (χ1v) is 11.2. The van der Waals surface area contributed by atoms with E-state index in [9.17, 15) is 0 Å². The van der Waals surface area contributed by atoms with E-state index in [0.717, 1.165) is 56.5 Å². The van der Waals surface area contributed by atoms with E-state index in [1.54, 1.807) is 0 Å². The van der Waals surface area contributed by atoms with E-state index >= 15 is 0 Å². The Labute approximate surface area is 173 Å². The lowest BCUT2D eigenvalue weighted by Crippen LogP contribution is -2.38. The van der Waals surface area contributed by atoms with Crippen molar-refractivity contribution in [1.29, 1.82) is 0 Å². The molecule has 3 fully saturated rings. The fourth-order valence-corrected chi connectivity index (χ4v) is 5.05. The lowest BCUT2D eigenvalue weighted by molar-refractivity contribution is 0.149. The third-order valence-corrected chi connectivity index (χ3v) is 6.60. The highest BCUT2D eigenvalue weighted by Gasteiger charge is 2.29. The van der Waals surface area contributed by atoms with E-state index in [4.69, 9.17) is 14.7 Å². The average molecular weight is 394 g/mol. The smallest absolute Gasteiger partial charge is 0.225 e. The summed E-state index contributed by atoms with van der Waals surface area (Å²) in [5.41, 5.74) is 3.48. The quantitative estimate of drug-likeness (QED) is 0.776. The maximum atomic E-state index is 5.60. The Morgan fingerprint density at radius 2 is 2.00 bits per heavy atom. The Morgan fingerprint density at radius 1 is 1.07 bits per heavy atom. The molecule has 6 heteroatoms. The van der Waals surface area contributed by atoms with Crippen LogP contribution >= 0.6 is 0 Å². The van der Waals surface area contributed by atoms with Gasteiger partial charge in [0.15, 0.2) is 0 Å². The van der Waals surface area contributed by atoms with Crippen molar-refractivity contribution in [3.8, 4) is 11.1 Å². The summed E-state index contributed by atoms with van der Waals surface area (Å²) in [6.45, 7) is 7.43. The van der Waals surface area contributed by atoms with Crippen molar-refractivity contribution < 1.29 is 4.74 Å². The van der Waals surface area contributed by atoms with Gasteiger partial charge in [-0.25, -0.2) is 9.97 Å². The van der Waals surface area contributed by atoms with E-state index in [0.29, 0.717) is 11.8 Å². The molecule has 0 unspecified atom stereocenters. The molecule has 0 N–H and O–H groups in total. The van der Waals surface area contributed by atoms with Crippen LogP contribution in [0, 0.1) is 5.92 Å². The van der Waals surface area contributed by atoms with Crippen LogP contribution in [0.15, 0.2) is 30.7 Å². The molecule has 0 aromatic carbocycles. The number of likely N-dealkylation sites (tertiary alicyclic amines) is 1. The van der Waals surface area contributed by atoms with Gasteiger partial charge in [-0.05, 0) is 50.6 Å². The summed E-state index contributed by atoms with van der Waals surface area (Å²) in [6, 6.07) is 4.13. The Kier molecular flexibility index (Phi) is 5.72. The molecule has 0 amide bonds. The molecule has 6 nitrogen and oxygen atoms in total. The van der Waals surface area contributed by atoms with Crippen LogP contribution in [0.2, 0.25) is 0 Å². The van der Waals surface area contributed by atoms with Crippen LogP contribution < -0.4 is 4.90 Å². The zero-order chi connectivity index (χ0) is 19.5. The molecule has 3 saturated heterocycles. The molecule has 3 aliphatic rings. The lowest BCUT2D eigenvalue weighted by atomic mass is 9.89. The maximum absolute atomic E-state index is 5.60. The van der Waals surface area contributed by atoms with Crippen molar-refractivity contribution >= 4 is 5.95 Å². The van der Waals surface area contributed by atoms with Gasteiger partial charge in [-0.1, -0.05) is 6.07 Å². The monoisotopic (exact) mass is 393 g/mol. The predicted octanol–water partition coefficient (Wildman–Crippen LogP) is 3.35. The normalized spacial score (nSPS) is 25.6. The fourth-order valence-electron chi connectivity index (χ4n) is 5.05. The number of aromatic nitrogens is 3.